The Bertz CT molecular complexity index is 2470. The third-order valence-electron chi connectivity index (χ3n) is 10.0. The minimum atomic E-state index is 0.960. The van der Waals surface area contributed by atoms with Crippen LogP contribution in [0.15, 0.2) is 219 Å². The maximum absolute atomic E-state index is 4.61. The molecule has 9 aromatic rings. The molecule has 0 N–H and O–H groups in total. The van der Waals surface area contributed by atoms with Crippen molar-refractivity contribution in [1.82, 2.24) is 9.97 Å². The van der Waals surface area contributed by atoms with Gasteiger partial charge in [0.05, 0.1) is 11.4 Å². The number of rotatable bonds is 8. The van der Waals surface area contributed by atoms with Crippen molar-refractivity contribution in [2.24, 2.45) is 0 Å². The van der Waals surface area contributed by atoms with Gasteiger partial charge >= 0.3 is 0 Å². The molecule has 254 valence electrons. The summed E-state index contributed by atoms with van der Waals surface area (Å²) in [5.41, 5.74) is 18.2. The molecule has 2 heteroatoms. The fourth-order valence-electron chi connectivity index (χ4n) is 7.26. The predicted octanol–water partition coefficient (Wildman–Crippen LogP) is 13.8. The van der Waals surface area contributed by atoms with Crippen LogP contribution in [-0.4, -0.2) is 9.97 Å². The minimum Gasteiger partial charge on any atom is -0.256 e. The third-order valence-corrected chi connectivity index (χ3v) is 10.0. The van der Waals surface area contributed by atoms with E-state index >= 15 is 0 Å². The van der Waals surface area contributed by atoms with Crippen molar-refractivity contribution < 1.29 is 0 Å². The van der Waals surface area contributed by atoms with Gasteiger partial charge in [0.1, 0.15) is 0 Å². The van der Waals surface area contributed by atoms with E-state index in [-0.39, 0.29) is 0 Å². The predicted molar refractivity (Wildman–Crippen MR) is 226 cm³/mol. The molecular formula is C52H36N2. The minimum absolute atomic E-state index is 0.960. The van der Waals surface area contributed by atoms with Crippen molar-refractivity contribution in [2.75, 3.05) is 0 Å². The van der Waals surface area contributed by atoms with Gasteiger partial charge in [-0.2, -0.15) is 0 Å². The summed E-state index contributed by atoms with van der Waals surface area (Å²) in [6, 6.07) is 73.6. The van der Waals surface area contributed by atoms with E-state index in [4.69, 9.17) is 0 Å². The summed E-state index contributed by atoms with van der Waals surface area (Å²) >= 11 is 0. The quantitative estimate of drug-likeness (QED) is 0.159. The fourth-order valence-corrected chi connectivity index (χ4v) is 7.26. The van der Waals surface area contributed by atoms with Crippen LogP contribution in [0.4, 0.5) is 0 Å². The van der Waals surface area contributed by atoms with E-state index < -0.39 is 0 Å². The number of pyridine rings is 2. The molecule has 7 aromatic carbocycles. The molecule has 0 aliphatic heterocycles. The molecule has 54 heavy (non-hydrogen) atoms. The lowest BCUT2D eigenvalue weighted by atomic mass is 9.84. The summed E-state index contributed by atoms with van der Waals surface area (Å²) in [6.45, 7) is 0. The Kier molecular flexibility index (Phi) is 8.99. The smallest absolute Gasteiger partial charge is 0.0701 e. The van der Waals surface area contributed by atoms with Gasteiger partial charge in [0, 0.05) is 23.5 Å². The summed E-state index contributed by atoms with van der Waals surface area (Å²) in [5.74, 6) is 0. The number of nitrogens with zero attached hydrogens (tertiary/aromatic N) is 2. The molecule has 0 unspecified atom stereocenters. The molecule has 2 nitrogen and oxygen atoms in total. The summed E-state index contributed by atoms with van der Waals surface area (Å²) in [4.78, 5) is 9.21. The van der Waals surface area contributed by atoms with Gasteiger partial charge < -0.3 is 0 Å². The second kappa shape index (κ2) is 14.8. The SMILES string of the molecule is c1ccc(-c2cccc(-c3cc(-c4cccc(-c5ccccc5)c4)c(-c4ccc(-c5ccccn5)cc4)cc3-c3ccc(-c4ccccn4)cc3)c2)cc1. The Morgan fingerprint density at radius 3 is 0.926 bits per heavy atom. The first-order chi connectivity index (χ1) is 26.8. The van der Waals surface area contributed by atoms with Crippen LogP contribution in [0, 0.1) is 0 Å². The van der Waals surface area contributed by atoms with Gasteiger partial charge in [0.25, 0.3) is 0 Å². The molecule has 0 bridgehead atoms. The monoisotopic (exact) mass is 688 g/mol. The molecule has 0 aliphatic carbocycles. The summed E-state index contributed by atoms with van der Waals surface area (Å²) < 4.78 is 0. The highest BCUT2D eigenvalue weighted by Gasteiger charge is 2.18. The first-order valence-electron chi connectivity index (χ1n) is 18.3. The van der Waals surface area contributed by atoms with E-state index in [0.717, 1.165) is 44.8 Å². The zero-order valence-electron chi connectivity index (χ0n) is 29.7. The molecule has 0 spiro atoms. The first kappa shape index (κ1) is 32.7. The van der Waals surface area contributed by atoms with Crippen LogP contribution in [0.5, 0.6) is 0 Å². The molecular weight excluding hydrogens is 653 g/mol. The zero-order chi connectivity index (χ0) is 36.1. The molecule has 0 aliphatic rings. The molecule has 2 heterocycles. The molecule has 2 aromatic heterocycles. The number of benzene rings is 7. The standard InChI is InChI=1S/C52H36N2/c1-3-13-37(14-4-1)43-17-11-19-45(33-43)49-36-50(46-20-12-18-44(34-46)38-15-5-2-6-16-38)48(40-25-29-42(30-26-40)52-22-8-10-32-54-52)35-47(49)39-23-27-41(28-24-39)51-21-7-9-31-53-51/h1-36H. The second-order valence-corrected chi connectivity index (χ2v) is 13.4. The maximum atomic E-state index is 4.61. The Balaban J connectivity index is 1.27. The Morgan fingerprint density at radius 2 is 0.537 bits per heavy atom. The topological polar surface area (TPSA) is 25.8 Å². The van der Waals surface area contributed by atoms with Crippen molar-refractivity contribution in [1.29, 1.82) is 0 Å². The fraction of sp³-hybridized carbons (Fsp3) is 0. The van der Waals surface area contributed by atoms with E-state index in [0.29, 0.717) is 0 Å². The van der Waals surface area contributed by atoms with Gasteiger partial charge in [-0.3, -0.25) is 9.97 Å². The lowest BCUT2D eigenvalue weighted by Gasteiger charge is -2.20. The van der Waals surface area contributed by atoms with Crippen LogP contribution >= 0.6 is 0 Å². The highest BCUT2D eigenvalue weighted by atomic mass is 14.7. The largest absolute Gasteiger partial charge is 0.256 e. The van der Waals surface area contributed by atoms with Gasteiger partial charge in [0.15, 0.2) is 0 Å². The van der Waals surface area contributed by atoms with Crippen molar-refractivity contribution in [3.63, 3.8) is 0 Å². The Morgan fingerprint density at radius 1 is 0.204 bits per heavy atom. The first-order valence-corrected chi connectivity index (χ1v) is 18.3. The van der Waals surface area contributed by atoms with E-state index in [1.807, 2.05) is 36.7 Å². The van der Waals surface area contributed by atoms with Crippen LogP contribution in [0.2, 0.25) is 0 Å². The van der Waals surface area contributed by atoms with E-state index in [1.54, 1.807) is 0 Å². The molecule has 0 saturated heterocycles. The zero-order valence-corrected chi connectivity index (χ0v) is 29.7. The third kappa shape index (κ3) is 6.77. The van der Waals surface area contributed by atoms with Crippen molar-refractivity contribution >= 4 is 0 Å². The average Bonchev–Trinajstić information content (AvgIpc) is 3.27. The van der Waals surface area contributed by atoms with Crippen LogP contribution in [0.25, 0.3) is 89.3 Å². The summed E-state index contributed by atoms with van der Waals surface area (Å²) in [5, 5.41) is 0. The van der Waals surface area contributed by atoms with Crippen molar-refractivity contribution in [2.45, 2.75) is 0 Å². The maximum Gasteiger partial charge on any atom is 0.0701 e. The van der Waals surface area contributed by atoms with Crippen LogP contribution in [0.1, 0.15) is 0 Å². The van der Waals surface area contributed by atoms with Gasteiger partial charge in [-0.15, -0.1) is 0 Å². The van der Waals surface area contributed by atoms with Crippen LogP contribution in [0.3, 0.4) is 0 Å². The molecule has 0 atom stereocenters. The highest BCUT2D eigenvalue weighted by Crippen LogP contribution is 2.44. The van der Waals surface area contributed by atoms with Gasteiger partial charge in [-0.25, -0.2) is 0 Å². The lowest BCUT2D eigenvalue weighted by Crippen LogP contribution is -1.94. The normalized spacial score (nSPS) is 11.0. The molecule has 0 saturated carbocycles. The average molecular weight is 689 g/mol. The Hall–Kier alpha value is -7.16. The number of hydrogen-bond donors (Lipinski definition) is 0. The van der Waals surface area contributed by atoms with Crippen molar-refractivity contribution in [3.8, 4) is 89.3 Å². The van der Waals surface area contributed by atoms with E-state index in [2.05, 4.69) is 192 Å². The highest BCUT2D eigenvalue weighted by molar-refractivity contribution is 5.96. The van der Waals surface area contributed by atoms with Gasteiger partial charge in [-0.05, 0) is 115 Å². The number of aromatic nitrogens is 2. The van der Waals surface area contributed by atoms with Crippen LogP contribution < -0.4 is 0 Å². The van der Waals surface area contributed by atoms with Crippen molar-refractivity contribution in [3.05, 3.63) is 219 Å². The Labute approximate surface area is 316 Å². The summed E-state index contributed by atoms with van der Waals surface area (Å²) in [6.07, 6.45) is 3.69. The van der Waals surface area contributed by atoms with E-state index in [9.17, 15) is 0 Å². The second-order valence-electron chi connectivity index (χ2n) is 13.4. The molecule has 0 amide bonds. The molecule has 0 fully saturated rings. The summed E-state index contributed by atoms with van der Waals surface area (Å²) in [7, 11) is 0. The van der Waals surface area contributed by atoms with Gasteiger partial charge in [0.2, 0.25) is 0 Å². The number of hydrogen-bond acceptors (Lipinski definition) is 2. The van der Waals surface area contributed by atoms with E-state index in [1.165, 1.54) is 44.5 Å². The molecule has 0 radical (unpaired) electrons. The molecule has 9 rings (SSSR count). The lowest BCUT2D eigenvalue weighted by molar-refractivity contribution is 1.33. The van der Waals surface area contributed by atoms with Gasteiger partial charge in [-0.1, -0.05) is 158 Å². The van der Waals surface area contributed by atoms with Crippen LogP contribution in [-0.2, 0) is 0 Å².